The summed E-state index contributed by atoms with van der Waals surface area (Å²) in [6.07, 6.45) is 2.43. The molecule has 1 aromatic heterocycles. The molecule has 3 aromatic rings. The second kappa shape index (κ2) is 8.15. The second-order valence-corrected chi connectivity index (χ2v) is 8.54. The SMILES string of the molecule is COc1ccc([C@H]2CC(=O)C3=C(C2)Nc2ncnn2[C@H]3c2c(Cl)cccc2Cl)cc1OC. The summed E-state index contributed by atoms with van der Waals surface area (Å²) in [6, 6.07) is 10.5. The van der Waals surface area contributed by atoms with E-state index in [-0.39, 0.29) is 11.7 Å². The number of hydrogen-bond acceptors (Lipinski definition) is 6. The predicted octanol–water partition coefficient (Wildman–Crippen LogP) is 5.02. The van der Waals surface area contributed by atoms with Crippen molar-refractivity contribution in [2.75, 3.05) is 19.5 Å². The van der Waals surface area contributed by atoms with Crippen molar-refractivity contribution >= 4 is 34.9 Å². The normalized spacial score (nSPS) is 19.8. The molecule has 2 heterocycles. The van der Waals surface area contributed by atoms with Crippen molar-refractivity contribution < 1.29 is 14.3 Å². The molecule has 9 heteroatoms. The maximum absolute atomic E-state index is 13.5. The van der Waals surface area contributed by atoms with E-state index in [0.717, 1.165) is 11.3 Å². The number of benzene rings is 2. The van der Waals surface area contributed by atoms with E-state index in [2.05, 4.69) is 15.4 Å². The van der Waals surface area contributed by atoms with Crippen LogP contribution in [0.3, 0.4) is 0 Å². The lowest BCUT2D eigenvalue weighted by atomic mass is 9.78. The summed E-state index contributed by atoms with van der Waals surface area (Å²) in [5, 5.41) is 8.61. The molecule has 1 N–H and O–H groups in total. The summed E-state index contributed by atoms with van der Waals surface area (Å²) in [6.45, 7) is 0. The van der Waals surface area contributed by atoms with Gasteiger partial charge in [-0.05, 0) is 42.2 Å². The number of Topliss-reactive ketones (excluding diaryl/α,β-unsaturated/α-hetero) is 1. The fraction of sp³-hybridized carbons (Fsp3) is 0.261. The van der Waals surface area contributed by atoms with Crippen LogP contribution in [0.25, 0.3) is 0 Å². The Morgan fingerprint density at radius 1 is 1.06 bits per heavy atom. The number of halogens is 2. The average molecular weight is 471 g/mol. The Hall–Kier alpha value is -3.03. The monoisotopic (exact) mass is 470 g/mol. The van der Waals surface area contributed by atoms with Crippen LogP contribution in [0.1, 0.15) is 35.9 Å². The van der Waals surface area contributed by atoms with Crippen LogP contribution in [0.4, 0.5) is 5.95 Å². The topological polar surface area (TPSA) is 78.3 Å². The minimum absolute atomic E-state index is 0.0145. The number of anilines is 1. The smallest absolute Gasteiger partial charge is 0.226 e. The van der Waals surface area contributed by atoms with E-state index in [1.54, 1.807) is 37.1 Å². The van der Waals surface area contributed by atoms with Crippen molar-refractivity contribution in [3.8, 4) is 11.5 Å². The van der Waals surface area contributed by atoms with Crippen LogP contribution in [-0.4, -0.2) is 34.8 Å². The molecule has 0 unspecified atom stereocenters. The second-order valence-electron chi connectivity index (χ2n) is 7.73. The zero-order chi connectivity index (χ0) is 22.4. The molecule has 0 bridgehead atoms. The maximum Gasteiger partial charge on any atom is 0.226 e. The minimum atomic E-state index is -0.538. The van der Waals surface area contributed by atoms with E-state index in [1.807, 2.05) is 18.2 Å². The average Bonchev–Trinajstić information content (AvgIpc) is 3.26. The highest BCUT2D eigenvalue weighted by atomic mass is 35.5. The van der Waals surface area contributed by atoms with Crippen molar-refractivity contribution in [2.45, 2.75) is 24.8 Å². The number of carbonyl (C=O) groups is 1. The van der Waals surface area contributed by atoms with Crippen molar-refractivity contribution in [1.29, 1.82) is 0 Å². The van der Waals surface area contributed by atoms with Crippen molar-refractivity contribution in [2.24, 2.45) is 0 Å². The minimum Gasteiger partial charge on any atom is -0.493 e. The van der Waals surface area contributed by atoms with Crippen LogP contribution in [0.5, 0.6) is 11.5 Å². The number of nitrogens with zero attached hydrogens (tertiary/aromatic N) is 3. The van der Waals surface area contributed by atoms with Crippen LogP contribution >= 0.6 is 23.2 Å². The van der Waals surface area contributed by atoms with Crippen LogP contribution in [-0.2, 0) is 4.79 Å². The first-order valence-electron chi connectivity index (χ1n) is 10.1. The quantitative estimate of drug-likeness (QED) is 0.576. The maximum atomic E-state index is 13.5. The number of aromatic nitrogens is 3. The molecule has 0 saturated carbocycles. The van der Waals surface area contributed by atoms with Gasteiger partial charge in [-0.2, -0.15) is 10.1 Å². The summed E-state index contributed by atoms with van der Waals surface area (Å²) >= 11 is 13.1. The largest absolute Gasteiger partial charge is 0.493 e. The molecule has 32 heavy (non-hydrogen) atoms. The van der Waals surface area contributed by atoms with Gasteiger partial charge in [0, 0.05) is 33.3 Å². The van der Waals surface area contributed by atoms with Crippen LogP contribution in [0.2, 0.25) is 10.0 Å². The van der Waals surface area contributed by atoms with E-state index in [4.69, 9.17) is 32.7 Å². The molecule has 5 rings (SSSR count). The molecule has 164 valence electrons. The van der Waals surface area contributed by atoms with E-state index >= 15 is 0 Å². The van der Waals surface area contributed by atoms with Crippen molar-refractivity contribution in [3.63, 3.8) is 0 Å². The Morgan fingerprint density at radius 2 is 1.81 bits per heavy atom. The highest BCUT2D eigenvalue weighted by molar-refractivity contribution is 6.36. The van der Waals surface area contributed by atoms with E-state index in [9.17, 15) is 4.79 Å². The Kier molecular flexibility index (Phi) is 5.31. The molecule has 0 spiro atoms. The Bertz CT molecular complexity index is 1230. The molecule has 1 aliphatic heterocycles. The van der Waals surface area contributed by atoms with Gasteiger partial charge < -0.3 is 14.8 Å². The van der Waals surface area contributed by atoms with Gasteiger partial charge >= 0.3 is 0 Å². The Balaban J connectivity index is 1.59. The summed E-state index contributed by atoms with van der Waals surface area (Å²) in [5.74, 6) is 1.82. The molecule has 0 saturated heterocycles. The number of carbonyl (C=O) groups excluding carboxylic acids is 1. The van der Waals surface area contributed by atoms with Crippen LogP contribution in [0.15, 0.2) is 54.0 Å². The van der Waals surface area contributed by atoms with Gasteiger partial charge in [0.2, 0.25) is 5.95 Å². The molecule has 7 nitrogen and oxygen atoms in total. The standard InChI is InChI=1S/C23H20Cl2N4O3/c1-31-18-7-6-12(10-19(18)32-2)13-8-16-21(17(30)9-13)22(29-23(28-16)26-11-27-29)20-14(24)4-3-5-15(20)25/h3-7,10-11,13,22H,8-9H2,1-2H3,(H,26,27,28)/t13-,22+/m1/s1. The fourth-order valence-corrected chi connectivity index (χ4v) is 5.14. The zero-order valence-electron chi connectivity index (χ0n) is 17.4. The van der Waals surface area contributed by atoms with Crippen molar-refractivity contribution in [1.82, 2.24) is 14.8 Å². The highest BCUT2D eigenvalue weighted by Crippen LogP contribution is 2.47. The lowest BCUT2D eigenvalue weighted by molar-refractivity contribution is -0.116. The van der Waals surface area contributed by atoms with E-state index < -0.39 is 6.04 Å². The third-order valence-corrected chi connectivity index (χ3v) is 6.67. The third kappa shape index (κ3) is 3.32. The fourth-order valence-electron chi connectivity index (χ4n) is 4.53. The van der Waals surface area contributed by atoms with Crippen LogP contribution < -0.4 is 14.8 Å². The van der Waals surface area contributed by atoms with Gasteiger partial charge in [-0.1, -0.05) is 35.3 Å². The first-order chi connectivity index (χ1) is 15.5. The van der Waals surface area contributed by atoms with Gasteiger partial charge in [0.05, 0.1) is 14.2 Å². The first-order valence-corrected chi connectivity index (χ1v) is 10.9. The Labute approximate surface area is 195 Å². The number of hydrogen-bond donors (Lipinski definition) is 1. The summed E-state index contributed by atoms with van der Waals surface area (Å²) in [5.41, 5.74) is 3.08. The first kappa shape index (κ1) is 20.8. The van der Waals surface area contributed by atoms with Gasteiger partial charge in [0.1, 0.15) is 12.4 Å². The molecule has 0 radical (unpaired) electrons. The Morgan fingerprint density at radius 3 is 2.53 bits per heavy atom. The number of ketones is 1. The van der Waals surface area contributed by atoms with Gasteiger partial charge in [-0.25, -0.2) is 4.68 Å². The lowest BCUT2D eigenvalue weighted by Gasteiger charge is -2.35. The van der Waals surface area contributed by atoms with Gasteiger partial charge in [0.25, 0.3) is 0 Å². The van der Waals surface area contributed by atoms with Gasteiger partial charge in [-0.3, -0.25) is 4.79 Å². The highest BCUT2D eigenvalue weighted by Gasteiger charge is 2.40. The van der Waals surface area contributed by atoms with E-state index in [1.165, 1.54) is 6.33 Å². The number of allylic oxidation sites excluding steroid dienone is 2. The van der Waals surface area contributed by atoms with E-state index in [0.29, 0.717) is 51.5 Å². The molecular formula is C23H20Cl2N4O3. The molecule has 2 aromatic carbocycles. The molecule has 2 atom stereocenters. The van der Waals surface area contributed by atoms with Gasteiger partial charge in [-0.15, -0.1) is 0 Å². The number of fused-ring (bicyclic) bond motifs is 1. The third-order valence-electron chi connectivity index (χ3n) is 6.01. The van der Waals surface area contributed by atoms with Crippen molar-refractivity contribution in [3.05, 3.63) is 75.2 Å². The van der Waals surface area contributed by atoms with Gasteiger partial charge in [0.15, 0.2) is 17.3 Å². The summed E-state index contributed by atoms with van der Waals surface area (Å²) < 4.78 is 12.5. The number of ether oxygens (including phenoxy) is 2. The number of methoxy groups -OCH3 is 2. The van der Waals surface area contributed by atoms with Crippen LogP contribution in [0, 0.1) is 0 Å². The summed E-state index contributed by atoms with van der Waals surface area (Å²) in [4.78, 5) is 17.9. The molecule has 0 fully saturated rings. The molecule has 0 amide bonds. The number of rotatable bonds is 4. The number of nitrogens with one attached hydrogen (secondary N) is 1. The molecule has 1 aliphatic carbocycles. The molecule has 2 aliphatic rings. The lowest BCUT2D eigenvalue weighted by Crippen LogP contribution is -2.33. The predicted molar refractivity (Wildman–Crippen MR) is 122 cm³/mol. The zero-order valence-corrected chi connectivity index (χ0v) is 18.9. The molecular weight excluding hydrogens is 451 g/mol. The summed E-state index contributed by atoms with van der Waals surface area (Å²) in [7, 11) is 3.20.